The molecule has 1 aliphatic heterocycles. The maximum absolute atomic E-state index is 13.6. The van der Waals surface area contributed by atoms with E-state index in [0.29, 0.717) is 40.7 Å². The minimum absolute atomic E-state index is 0.121. The van der Waals surface area contributed by atoms with Crippen LogP contribution in [-0.2, 0) is 30.7 Å². The molecule has 0 N–H and O–H groups in total. The van der Waals surface area contributed by atoms with Crippen LogP contribution in [0.4, 0.5) is 42.1 Å². The maximum atomic E-state index is 13.6. The third kappa shape index (κ3) is 5.77. The van der Waals surface area contributed by atoms with Gasteiger partial charge in [0.2, 0.25) is 0 Å². The van der Waals surface area contributed by atoms with Crippen LogP contribution in [0.5, 0.6) is 0 Å². The number of rotatable bonds is 6. The van der Waals surface area contributed by atoms with Crippen LogP contribution < -0.4 is 9.80 Å². The number of aromatic nitrogens is 3. The fraction of sp³-hybridized carbons (Fsp3) is 0.500. The lowest BCUT2D eigenvalue weighted by molar-refractivity contribution is -0.143. The molecule has 3 aromatic rings. The molecule has 2 aromatic heterocycles. The van der Waals surface area contributed by atoms with Crippen molar-refractivity contribution in [2.75, 3.05) is 16.4 Å². The number of benzene rings is 1. The highest BCUT2D eigenvalue weighted by Crippen LogP contribution is 2.46. The van der Waals surface area contributed by atoms with E-state index in [9.17, 15) is 31.1 Å². The second-order valence-electron chi connectivity index (χ2n) is 9.64. The van der Waals surface area contributed by atoms with Gasteiger partial charge in [0.25, 0.3) is 0 Å². The van der Waals surface area contributed by atoms with Crippen molar-refractivity contribution in [1.29, 1.82) is 0 Å². The number of ether oxygens (including phenoxy) is 1. The Balaban J connectivity index is 1.89. The Kier molecular flexibility index (Phi) is 8.12. The van der Waals surface area contributed by atoms with Crippen LogP contribution in [0.1, 0.15) is 66.4 Å². The van der Waals surface area contributed by atoms with Gasteiger partial charge in [-0.3, -0.25) is 9.58 Å². The van der Waals surface area contributed by atoms with E-state index in [1.807, 2.05) is 6.92 Å². The summed E-state index contributed by atoms with van der Waals surface area (Å²) in [6, 6.07) is 0.682. The molecular weight excluding hydrogens is 560 g/mol. The van der Waals surface area contributed by atoms with Crippen LogP contribution in [0.3, 0.4) is 0 Å². The molecule has 0 fully saturated rings. The van der Waals surface area contributed by atoms with Gasteiger partial charge in [-0.2, -0.15) is 31.4 Å². The van der Waals surface area contributed by atoms with Crippen molar-refractivity contribution in [3.63, 3.8) is 0 Å². The normalized spacial score (nSPS) is 17.6. The van der Waals surface area contributed by atoms with Crippen molar-refractivity contribution >= 4 is 28.4 Å². The first-order valence-electron chi connectivity index (χ1n) is 12.6. The lowest BCUT2D eigenvalue weighted by atomic mass is 9.90. The zero-order valence-electron chi connectivity index (χ0n) is 22.5. The summed E-state index contributed by atoms with van der Waals surface area (Å²) in [6.07, 6.45) is -9.64. The molecule has 218 valence electrons. The standard InChI is InChI=1S/C26H29F6N5O2S/c1-6-19-11-20(21-15(4)34-35(5)22(21)37(19)24(38)39-7-2)36(23-33-14(3)13-40-23)12-16-8-17(25(27,28)29)10-18(9-16)26(30,31)32/h8-10,13,19-20H,6-7,11-12H2,1-5H3. The average molecular weight is 590 g/mol. The van der Waals surface area contributed by atoms with Gasteiger partial charge in [-0.1, -0.05) is 6.92 Å². The fourth-order valence-corrected chi connectivity index (χ4v) is 6.00. The summed E-state index contributed by atoms with van der Waals surface area (Å²) < 4.78 is 88.7. The second-order valence-corrected chi connectivity index (χ2v) is 10.5. The van der Waals surface area contributed by atoms with Crippen LogP contribution in [0.15, 0.2) is 23.6 Å². The number of fused-ring (bicyclic) bond motifs is 1. The van der Waals surface area contributed by atoms with E-state index >= 15 is 0 Å². The second kappa shape index (κ2) is 10.9. The van der Waals surface area contributed by atoms with Gasteiger partial charge < -0.3 is 9.64 Å². The monoisotopic (exact) mass is 589 g/mol. The Morgan fingerprint density at radius 1 is 1.10 bits per heavy atom. The van der Waals surface area contributed by atoms with Gasteiger partial charge in [-0.15, -0.1) is 11.3 Å². The van der Waals surface area contributed by atoms with Crippen molar-refractivity contribution in [3.05, 3.63) is 57.2 Å². The predicted molar refractivity (Wildman–Crippen MR) is 138 cm³/mol. The number of alkyl halides is 6. The number of aryl methyl sites for hydroxylation is 3. The van der Waals surface area contributed by atoms with Gasteiger partial charge in [0, 0.05) is 30.6 Å². The average Bonchev–Trinajstić information content (AvgIpc) is 3.42. The van der Waals surface area contributed by atoms with Gasteiger partial charge >= 0.3 is 18.4 Å². The zero-order valence-corrected chi connectivity index (χ0v) is 23.3. The summed E-state index contributed by atoms with van der Waals surface area (Å²) in [5.74, 6) is 0.470. The molecule has 40 heavy (non-hydrogen) atoms. The van der Waals surface area contributed by atoms with E-state index < -0.39 is 35.6 Å². The molecule has 14 heteroatoms. The lowest BCUT2D eigenvalue weighted by Gasteiger charge is -2.42. The van der Waals surface area contributed by atoms with E-state index in [2.05, 4.69) is 10.1 Å². The van der Waals surface area contributed by atoms with Crippen LogP contribution in [0.2, 0.25) is 0 Å². The van der Waals surface area contributed by atoms with E-state index in [0.717, 1.165) is 12.1 Å². The highest BCUT2D eigenvalue weighted by Gasteiger charge is 2.43. The Morgan fingerprint density at radius 2 is 1.73 bits per heavy atom. The number of amides is 1. The van der Waals surface area contributed by atoms with Crippen molar-refractivity contribution in [1.82, 2.24) is 14.8 Å². The summed E-state index contributed by atoms with van der Waals surface area (Å²) in [4.78, 5) is 20.8. The number of carbonyl (C=O) groups excluding carboxylic acids is 1. The molecule has 0 radical (unpaired) electrons. The van der Waals surface area contributed by atoms with Crippen LogP contribution >= 0.6 is 11.3 Å². The molecule has 4 rings (SSSR count). The Morgan fingerprint density at radius 3 is 2.23 bits per heavy atom. The number of hydrogen-bond acceptors (Lipinski definition) is 6. The van der Waals surface area contributed by atoms with Gasteiger partial charge in [0.15, 0.2) is 5.13 Å². The molecule has 0 aliphatic carbocycles. The highest BCUT2D eigenvalue weighted by molar-refractivity contribution is 7.13. The number of anilines is 2. The largest absolute Gasteiger partial charge is 0.449 e. The van der Waals surface area contributed by atoms with Gasteiger partial charge in [-0.25, -0.2) is 9.78 Å². The van der Waals surface area contributed by atoms with Gasteiger partial charge in [0.05, 0.1) is 35.2 Å². The quantitative estimate of drug-likeness (QED) is 0.280. The number of halogens is 6. The third-order valence-electron chi connectivity index (χ3n) is 6.82. The molecule has 1 aliphatic rings. The molecule has 2 unspecified atom stereocenters. The van der Waals surface area contributed by atoms with E-state index in [1.54, 1.807) is 42.8 Å². The van der Waals surface area contributed by atoms with Crippen molar-refractivity contribution < 1.29 is 35.9 Å². The van der Waals surface area contributed by atoms with Crippen LogP contribution in [0, 0.1) is 13.8 Å². The van der Waals surface area contributed by atoms with E-state index in [-0.39, 0.29) is 30.8 Å². The maximum Gasteiger partial charge on any atom is 0.416 e. The molecule has 2 atom stereocenters. The number of thiazole rings is 1. The molecule has 3 heterocycles. The first-order valence-corrected chi connectivity index (χ1v) is 13.5. The lowest BCUT2D eigenvalue weighted by Crippen LogP contribution is -2.48. The molecule has 0 saturated heterocycles. The topological polar surface area (TPSA) is 63.5 Å². The summed E-state index contributed by atoms with van der Waals surface area (Å²) in [6.45, 7) is 6.96. The van der Waals surface area contributed by atoms with E-state index in [1.165, 1.54) is 16.2 Å². The molecule has 0 spiro atoms. The molecule has 1 aromatic carbocycles. The summed E-state index contributed by atoms with van der Waals surface area (Å²) in [5, 5.41) is 6.71. The third-order valence-corrected chi connectivity index (χ3v) is 7.82. The van der Waals surface area contributed by atoms with Gasteiger partial charge in [-0.05, 0) is 57.4 Å². The SMILES string of the molecule is CCOC(=O)N1c2c(c(C)nn2C)C(N(Cc2cc(C(F)(F)F)cc(C(F)(F)F)c2)c2nc(C)cs2)CC1CC. The molecule has 0 saturated carbocycles. The zero-order chi connectivity index (χ0) is 29.6. The summed E-state index contributed by atoms with van der Waals surface area (Å²) in [7, 11) is 1.67. The highest BCUT2D eigenvalue weighted by atomic mass is 32.1. The minimum Gasteiger partial charge on any atom is -0.449 e. The molecular formula is C26H29F6N5O2S. The molecule has 0 bridgehead atoms. The van der Waals surface area contributed by atoms with Crippen molar-refractivity contribution in [2.45, 2.75) is 71.5 Å². The fourth-order valence-electron chi connectivity index (χ4n) is 5.14. The number of hydrogen-bond donors (Lipinski definition) is 0. The smallest absolute Gasteiger partial charge is 0.416 e. The Bertz CT molecular complexity index is 1350. The first kappa shape index (κ1) is 29.7. The van der Waals surface area contributed by atoms with Gasteiger partial charge in [0.1, 0.15) is 5.82 Å². The molecule has 1 amide bonds. The van der Waals surface area contributed by atoms with E-state index in [4.69, 9.17) is 4.74 Å². The number of carbonyl (C=O) groups is 1. The predicted octanol–water partition coefficient (Wildman–Crippen LogP) is 7.42. The van der Waals surface area contributed by atoms with Crippen LogP contribution in [-0.4, -0.2) is 33.5 Å². The Hall–Kier alpha value is -3.29. The van der Waals surface area contributed by atoms with Crippen LogP contribution in [0.25, 0.3) is 0 Å². The number of nitrogens with zero attached hydrogens (tertiary/aromatic N) is 5. The summed E-state index contributed by atoms with van der Waals surface area (Å²) in [5.41, 5.74) is -1.06. The minimum atomic E-state index is -4.97. The summed E-state index contributed by atoms with van der Waals surface area (Å²) >= 11 is 1.24. The van der Waals surface area contributed by atoms with Crippen molar-refractivity contribution in [2.24, 2.45) is 7.05 Å². The Labute approximate surface area is 231 Å². The van der Waals surface area contributed by atoms with Crippen molar-refractivity contribution in [3.8, 4) is 0 Å². The molecule has 7 nitrogen and oxygen atoms in total. The first-order chi connectivity index (χ1) is 18.6.